The fraction of sp³-hybridized carbons (Fsp3) is 0. The molecule has 0 bridgehead atoms. The van der Waals surface area contributed by atoms with Crippen molar-refractivity contribution in [3.63, 3.8) is 0 Å². The molecule has 5 N–H and O–H groups in total. The van der Waals surface area contributed by atoms with Crippen molar-refractivity contribution in [1.82, 2.24) is 0 Å². The molecule has 0 fully saturated rings. The first kappa shape index (κ1) is 22.4. The molecule has 0 atom stereocenters. The van der Waals surface area contributed by atoms with E-state index in [-0.39, 0.29) is 81.0 Å². The van der Waals surface area contributed by atoms with Gasteiger partial charge in [0.1, 0.15) is 0 Å². The van der Waals surface area contributed by atoms with Crippen LogP contribution in [0.1, 0.15) is 0 Å². The quantitative estimate of drug-likeness (QED) is 0.293. The van der Waals surface area contributed by atoms with Gasteiger partial charge in [0.25, 0.3) is 0 Å². The Kier molecular flexibility index (Phi) is 26.9. The van der Waals surface area contributed by atoms with E-state index in [4.69, 9.17) is 19.2 Å². The van der Waals surface area contributed by atoms with Crippen molar-refractivity contribution in [2.45, 2.75) is 0 Å². The van der Waals surface area contributed by atoms with E-state index in [0.29, 0.717) is 0 Å². The van der Waals surface area contributed by atoms with E-state index >= 15 is 0 Å². The van der Waals surface area contributed by atoms with Gasteiger partial charge in [0.15, 0.2) is 0 Å². The van der Waals surface area contributed by atoms with E-state index in [2.05, 4.69) is 0 Å². The Labute approximate surface area is 106 Å². The van der Waals surface area contributed by atoms with Gasteiger partial charge in [-0.05, 0) is 0 Å². The summed E-state index contributed by atoms with van der Waals surface area (Å²) >= 11 is 0. The van der Waals surface area contributed by atoms with Gasteiger partial charge in [-0.25, -0.2) is 4.57 Å². The largest absolute Gasteiger partial charge is 2.00 e. The smallest absolute Gasteiger partial charge is 0.412 e. The Hall–Kier alpha value is 2.59. The average Bonchev–Trinajstić information content (AvgIpc) is 0.722. The molecular weight excluding hydrogens is 191 g/mol. The molecule has 8 heavy (non-hydrogen) atoms. The van der Waals surface area contributed by atoms with Gasteiger partial charge in [0.2, 0.25) is 0 Å². The average molecular weight is 196 g/mol. The van der Waals surface area contributed by atoms with Gasteiger partial charge in [0, 0.05) is 0 Å². The first-order chi connectivity index (χ1) is 2.00. The van der Waals surface area contributed by atoms with E-state index < -0.39 is 7.82 Å². The molecule has 0 saturated carbocycles. The Morgan fingerprint density at radius 2 is 1.00 bits per heavy atom. The van der Waals surface area contributed by atoms with Crippen LogP contribution in [0, 0.1) is 0 Å². The van der Waals surface area contributed by atoms with Crippen LogP contribution in [0.4, 0.5) is 0 Å². The van der Waals surface area contributed by atoms with Crippen molar-refractivity contribution >= 4 is 83.3 Å². The van der Waals surface area contributed by atoms with E-state index in [1.807, 2.05) is 0 Å². The summed E-state index contributed by atoms with van der Waals surface area (Å²) in [7, 11) is -4.64. The Morgan fingerprint density at radius 3 is 1.00 bits per heavy atom. The molecule has 0 aromatic rings. The molecule has 40 valence electrons. The third kappa shape index (κ3) is 73.8. The van der Waals surface area contributed by atoms with E-state index in [9.17, 15) is 0 Å². The normalized spacial score (nSPS) is 7.38. The Bertz CT molecular complexity index is 56.6. The van der Waals surface area contributed by atoms with Gasteiger partial charge in [-0.15, -0.1) is 0 Å². The molecule has 5 nitrogen and oxygen atoms in total. The maximum absolute atomic E-state index is 8.88. The summed E-state index contributed by atoms with van der Waals surface area (Å²) < 4.78 is 8.88. The summed E-state index contributed by atoms with van der Waals surface area (Å²) in [6.45, 7) is 0. The molecule has 0 rings (SSSR count). The van der Waals surface area contributed by atoms with Crippen molar-refractivity contribution in [3.8, 4) is 0 Å². The Balaban J connectivity index is -0.0000000267. The fourth-order valence-electron chi connectivity index (χ4n) is 0. The van der Waals surface area contributed by atoms with Crippen LogP contribution in [0.2, 0.25) is 0 Å². The third-order valence-electron chi connectivity index (χ3n) is 0. The molecule has 0 aromatic heterocycles. The number of hydrogen-bond donors (Lipinski definition) is 3. The van der Waals surface area contributed by atoms with Gasteiger partial charge >= 0.3 is 83.3 Å². The molecule has 0 heterocycles. The predicted octanol–water partition coefficient (Wildman–Crippen LogP) is -2.51. The van der Waals surface area contributed by atoms with Crippen molar-refractivity contribution in [1.29, 1.82) is 0 Å². The van der Waals surface area contributed by atoms with Crippen LogP contribution in [0.5, 0.6) is 0 Å². The molecule has 0 spiro atoms. The van der Waals surface area contributed by atoms with Gasteiger partial charge in [-0.1, -0.05) is 0 Å². The molecule has 0 radical (unpaired) electrons. The van der Waals surface area contributed by atoms with Crippen molar-refractivity contribution in [2.24, 2.45) is 0 Å². The zero-order chi connectivity index (χ0) is 4.50. The molecule has 0 aliphatic heterocycles. The van der Waals surface area contributed by atoms with E-state index in [1.165, 1.54) is 0 Å². The van der Waals surface area contributed by atoms with Gasteiger partial charge in [0.05, 0.1) is 0 Å². The van der Waals surface area contributed by atoms with Crippen LogP contribution in [-0.4, -0.2) is 95.6 Å². The molecule has 0 amide bonds. The maximum atomic E-state index is 8.88. The van der Waals surface area contributed by atoms with Crippen LogP contribution < -0.4 is 0 Å². The van der Waals surface area contributed by atoms with Gasteiger partial charge < -0.3 is 20.2 Å². The van der Waals surface area contributed by atoms with Crippen molar-refractivity contribution < 1.29 is 24.7 Å². The minimum atomic E-state index is -4.64. The zero-order valence-corrected chi connectivity index (χ0v) is 9.42. The fourth-order valence-corrected chi connectivity index (χ4v) is 0. The first-order valence-electron chi connectivity index (χ1n) is 0.783. The number of hydrogen-bond acceptors (Lipinski definition) is 1. The van der Waals surface area contributed by atoms with Crippen molar-refractivity contribution in [2.75, 3.05) is 0 Å². The minimum Gasteiger partial charge on any atom is -0.412 e. The third-order valence-corrected chi connectivity index (χ3v) is 0. The van der Waals surface area contributed by atoms with Crippen LogP contribution in [0.15, 0.2) is 0 Å². The topological polar surface area (TPSA) is 109 Å². The molecule has 8 heteroatoms. The summed E-state index contributed by atoms with van der Waals surface area (Å²) in [6.07, 6.45) is 0. The summed E-state index contributed by atoms with van der Waals surface area (Å²) in [6, 6.07) is 0. The summed E-state index contributed by atoms with van der Waals surface area (Å²) in [5, 5.41) is 0. The van der Waals surface area contributed by atoms with E-state index in [1.54, 1.807) is 0 Å². The molecule has 0 saturated heterocycles. The van der Waals surface area contributed by atoms with Crippen LogP contribution >= 0.6 is 7.82 Å². The molecule has 0 unspecified atom stereocenters. The second kappa shape index (κ2) is 9.59. The minimum absolute atomic E-state index is 0. The second-order valence-electron chi connectivity index (χ2n) is 0.513. The summed E-state index contributed by atoms with van der Waals surface area (Å²) in [5.74, 6) is 0. The number of rotatable bonds is 0. The van der Waals surface area contributed by atoms with Crippen LogP contribution in [-0.2, 0) is 4.57 Å². The van der Waals surface area contributed by atoms with Crippen molar-refractivity contribution in [3.05, 3.63) is 0 Å². The molecule has 0 aromatic carbocycles. The predicted molar refractivity (Wildman–Crippen MR) is 29.4 cm³/mol. The first-order valence-corrected chi connectivity index (χ1v) is 2.35. The second-order valence-corrected chi connectivity index (χ2v) is 1.54. The molecule has 0 aliphatic carbocycles. The van der Waals surface area contributed by atoms with Gasteiger partial charge in [-0.2, -0.15) is 0 Å². The standard InChI is InChI=1S/2Ca.H3O4P.H2O/c;;1-5(2,3)4;/h;;(H3,1,2,3,4);1H2/q2*+2;;. The molecular formula is H5Ca2O5P+4. The maximum Gasteiger partial charge on any atom is 2.00 e. The van der Waals surface area contributed by atoms with E-state index in [0.717, 1.165) is 0 Å². The SMILES string of the molecule is O.O=P(O)(O)O.[Ca+2].[Ca+2]. The monoisotopic (exact) mass is 196 g/mol. The summed E-state index contributed by atoms with van der Waals surface area (Å²) in [4.78, 5) is 21.6. The Morgan fingerprint density at radius 1 is 1.00 bits per heavy atom. The van der Waals surface area contributed by atoms with Crippen LogP contribution in [0.25, 0.3) is 0 Å². The van der Waals surface area contributed by atoms with Crippen LogP contribution in [0.3, 0.4) is 0 Å². The zero-order valence-electron chi connectivity index (χ0n) is 4.11. The summed E-state index contributed by atoms with van der Waals surface area (Å²) in [5.41, 5.74) is 0. The van der Waals surface area contributed by atoms with Gasteiger partial charge in [-0.3, -0.25) is 0 Å². The number of phosphoric acid groups is 1. The molecule has 0 aliphatic rings.